The van der Waals surface area contributed by atoms with Gasteiger partial charge in [-0.05, 0) is 36.4 Å². The minimum atomic E-state index is -3.59. The van der Waals surface area contributed by atoms with Crippen LogP contribution in [0.2, 0.25) is 0 Å². The average molecular weight is 430 g/mol. The number of hydrogen-bond acceptors (Lipinski definition) is 6. The molecule has 0 radical (unpaired) electrons. The fraction of sp³-hybridized carbons (Fsp3) is 0.350. The number of sulfonamides is 1. The first-order valence-electron chi connectivity index (χ1n) is 9.64. The number of rotatable bonds is 5. The van der Waals surface area contributed by atoms with Gasteiger partial charge in [-0.15, -0.1) is 0 Å². The molecule has 2 aliphatic heterocycles. The highest BCUT2D eigenvalue weighted by Crippen LogP contribution is 2.28. The summed E-state index contributed by atoms with van der Waals surface area (Å²) in [6.07, 6.45) is 3.25. The number of hydrogen-bond donors (Lipinski definition) is 1. The monoisotopic (exact) mass is 430 g/mol. The zero-order valence-corrected chi connectivity index (χ0v) is 17.0. The summed E-state index contributed by atoms with van der Waals surface area (Å²) < 4.78 is 32.1. The van der Waals surface area contributed by atoms with Gasteiger partial charge in [0.15, 0.2) is 0 Å². The van der Waals surface area contributed by atoms with Gasteiger partial charge >= 0.3 is 0 Å². The lowest BCUT2D eigenvalue weighted by Gasteiger charge is -2.26. The quantitative estimate of drug-likeness (QED) is 0.761. The molecule has 0 spiro atoms. The van der Waals surface area contributed by atoms with Gasteiger partial charge in [0.05, 0.1) is 35.9 Å². The van der Waals surface area contributed by atoms with Crippen LogP contribution in [-0.2, 0) is 24.3 Å². The first-order valence-corrected chi connectivity index (χ1v) is 11.1. The normalized spacial score (nSPS) is 20.3. The molecule has 0 aliphatic carbocycles. The summed E-state index contributed by atoms with van der Waals surface area (Å²) in [5.74, 6) is -0.912. The second kappa shape index (κ2) is 8.50. The minimum absolute atomic E-state index is 0.0971. The van der Waals surface area contributed by atoms with Crippen LogP contribution >= 0.6 is 0 Å². The first-order chi connectivity index (χ1) is 14.4. The Morgan fingerprint density at radius 2 is 1.87 bits per heavy atom. The average Bonchev–Trinajstić information content (AvgIpc) is 3.17. The lowest BCUT2D eigenvalue weighted by Crippen LogP contribution is -2.40. The number of nitrogens with zero attached hydrogens (tertiary/aromatic N) is 3. The van der Waals surface area contributed by atoms with Crippen LogP contribution in [0.5, 0.6) is 0 Å². The van der Waals surface area contributed by atoms with Gasteiger partial charge in [-0.2, -0.15) is 4.31 Å². The largest absolute Gasteiger partial charge is 0.379 e. The van der Waals surface area contributed by atoms with Crippen molar-refractivity contribution in [1.82, 2.24) is 9.29 Å². The van der Waals surface area contributed by atoms with Crippen LogP contribution in [0.4, 0.5) is 11.4 Å². The molecule has 2 amide bonds. The molecule has 0 saturated carbocycles. The molecule has 1 atom stereocenters. The zero-order valence-electron chi connectivity index (χ0n) is 16.2. The lowest BCUT2D eigenvalue weighted by atomic mass is 10.1. The van der Waals surface area contributed by atoms with E-state index < -0.39 is 15.9 Å². The van der Waals surface area contributed by atoms with Crippen molar-refractivity contribution in [3.8, 4) is 0 Å². The van der Waals surface area contributed by atoms with E-state index in [1.54, 1.807) is 36.7 Å². The zero-order chi connectivity index (χ0) is 21.1. The molecule has 2 aromatic rings. The molecule has 9 nitrogen and oxygen atoms in total. The third-order valence-electron chi connectivity index (χ3n) is 5.18. The van der Waals surface area contributed by atoms with Crippen molar-refractivity contribution in [1.29, 1.82) is 0 Å². The molecule has 0 unspecified atom stereocenters. The van der Waals surface area contributed by atoms with E-state index >= 15 is 0 Å². The number of ether oxygens (including phenoxy) is 1. The summed E-state index contributed by atoms with van der Waals surface area (Å²) in [6.45, 7) is 1.63. The Bertz CT molecular complexity index is 1020. The number of carbonyl (C=O) groups is 2. The fourth-order valence-corrected chi connectivity index (χ4v) is 4.96. The van der Waals surface area contributed by atoms with Crippen molar-refractivity contribution in [3.63, 3.8) is 0 Å². The number of aromatic nitrogens is 1. The van der Waals surface area contributed by atoms with E-state index in [0.717, 1.165) is 0 Å². The molecule has 4 rings (SSSR count). The van der Waals surface area contributed by atoms with Crippen LogP contribution in [0.3, 0.4) is 0 Å². The van der Waals surface area contributed by atoms with Gasteiger partial charge in [-0.1, -0.05) is 0 Å². The van der Waals surface area contributed by atoms with Crippen molar-refractivity contribution < 1.29 is 22.7 Å². The summed E-state index contributed by atoms with van der Waals surface area (Å²) in [5.41, 5.74) is 1.14. The van der Waals surface area contributed by atoms with E-state index in [-0.39, 0.29) is 29.7 Å². The van der Waals surface area contributed by atoms with Gasteiger partial charge in [0, 0.05) is 37.9 Å². The Kier molecular flexibility index (Phi) is 5.80. The molecule has 1 aromatic heterocycles. The van der Waals surface area contributed by atoms with Crippen LogP contribution in [0, 0.1) is 5.92 Å². The number of morpholine rings is 1. The van der Waals surface area contributed by atoms with Crippen LogP contribution < -0.4 is 10.2 Å². The van der Waals surface area contributed by atoms with Crippen molar-refractivity contribution >= 4 is 33.2 Å². The number of pyridine rings is 1. The van der Waals surface area contributed by atoms with Crippen molar-refractivity contribution in [3.05, 3.63) is 48.8 Å². The second-order valence-corrected chi connectivity index (χ2v) is 9.08. The summed E-state index contributed by atoms with van der Waals surface area (Å²) >= 11 is 0. The van der Waals surface area contributed by atoms with Crippen LogP contribution in [-0.4, -0.2) is 62.4 Å². The van der Waals surface area contributed by atoms with Gasteiger partial charge in [0.2, 0.25) is 21.8 Å². The maximum absolute atomic E-state index is 12.7. The molecule has 2 aliphatic rings. The van der Waals surface area contributed by atoms with E-state index in [0.29, 0.717) is 37.7 Å². The molecule has 0 bridgehead atoms. The summed E-state index contributed by atoms with van der Waals surface area (Å²) in [5, 5.41) is 2.77. The summed E-state index contributed by atoms with van der Waals surface area (Å²) in [7, 11) is -3.59. The maximum atomic E-state index is 12.7. The highest BCUT2D eigenvalue weighted by molar-refractivity contribution is 7.89. The van der Waals surface area contributed by atoms with E-state index in [2.05, 4.69) is 10.3 Å². The van der Waals surface area contributed by atoms with E-state index in [9.17, 15) is 18.0 Å². The van der Waals surface area contributed by atoms with E-state index in [4.69, 9.17) is 4.74 Å². The van der Waals surface area contributed by atoms with Gasteiger partial charge in [0.25, 0.3) is 0 Å². The Hall–Kier alpha value is -2.82. The molecule has 10 heteroatoms. The smallest absolute Gasteiger partial charge is 0.243 e. The van der Waals surface area contributed by atoms with E-state index in [1.807, 2.05) is 0 Å². The molecule has 158 valence electrons. The predicted molar refractivity (Wildman–Crippen MR) is 109 cm³/mol. The van der Waals surface area contributed by atoms with Gasteiger partial charge in [-0.25, -0.2) is 8.42 Å². The topological polar surface area (TPSA) is 109 Å². The minimum Gasteiger partial charge on any atom is -0.379 e. The maximum Gasteiger partial charge on any atom is 0.243 e. The van der Waals surface area contributed by atoms with Crippen LogP contribution in [0.15, 0.2) is 53.7 Å². The Labute approximate surface area is 174 Å². The van der Waals surface area contributed by atoms with E-state index in [1.165, 1.54) is 21.3 Å². The number of nitrogens with one attached hydrogen (secondary N) is 1. The predicted octanol–water partition coefficient (Wildman–Crippen LogP) is 1.09. The fourth-order valence-electron chi connectivity index (χ4n) is 3.55. The third kappa shape index (κ3) is 4.20. The molecule has 30 heavy (non-hydrogen) atoms. The van der Waals surface area contributed by atoms with Crippen molar-refractivity contribution in [2.24, 2.45) is 5.92 Å². The van der Waals surface area contributed by atoms with Gasteiger partial charge < -0.3 is 15.0 Å². The standard InChI is InChI=1S/C20H22N4O5S/c25-19-12-15(20(26)22-16-2-1-7-21-13-16)14-24(19)17-3-5-18(6-4-17)30(27,28)23-8-10-29-11-9-23/h1-7,13,15H,8-12,14H2,(H,22,26)/t15-/m1/s1. The third-order valence-corrected chi connectivity index (χ3v) is 7.09. The van der Waals surface area contributed by atoms with Gasteiger partial charge in [-0.3, -0.25) is 14.6 Å². The van der Waals surface area contributed by atoms with Crippen LogP contribution in [0.1, 0.15) is 6.42 Å². The summed E-state index contributed by atoms with van der Waals surface area (Å²) in [6, 6.07) is 9.65. The van der Waals surface area contributed by atoms with Gasteiger partial charge in [0.1, 0.15) is 0 Å². The highest BCUT2D eigenvalue weighted by Gasteiger charge is 2.35. The first kappa shape index (κ1) is 20.5. The number of carbonyl (C=O) groups excluding carboxylic acids is 2. The molecule has 3 heterocycles. The van der Waals surface area contributed by atoms with Crippen LogP contribution in [0.25, 0.3) is 0 Å². The molecule has 2 fully saturated rings. The Balaban J connectivity index is 1.44. The number of benzene rings is 1. The molecular weight excluding hydrogens is 408 g/mol. The molecular formula is C20H22N4O5S. The molecule has 1 aromatic carbocycles. The van der Waals surface area contributed by atoms with Crippen molar-refractivity contribution in [2.75, 3.05) is 43.1 Å². The SMILES string of the molecule is O=C(Nc1cccnc1)[C@@H]1CC(=O)N(c2ccc(S(=O)(=O)N3CCOCC3)cc2)C1. The summed E-state index contributed by atoms with van der Waals surface area (Å²) in [4.78, 5) is 30.6. The Morgan fingerprint density at radius 3 is 2.53 bits per heavy atom. The number of amides is 2. The number of anilines is 2. The Morgan fingerprint density at radius 1 is 1.13 bits per heavy atom. The lowest BCUT2D eigenvalue weighted by molar-refractivity contribution is -0.122. The highest BCUT2D eigenvalue weighted by atomic mass is 32.2. The molecule has 2 saturated heterocycles. The van der Waals surface area contributed by atoms with Crippen molar-refractivity contribution in [2.45, 2.75) is 11.3 Å². The molecule has 1 N–H and O–H groups in total. The second-order valence-electron chi connectivity index (χ2n) is 7.15.